The predicted molar refractivity (Wildman–Crippen MR) is 69.8 cm³/mol. The largest absolute Gasteiger partial charge is 0.379 e. The fourth-order valence-corrected chi connectivity index (χ4v) is 1.97. The van der Waals surface area contributed by atoms with E-state index in [0.29, 0.717) is 0 Å². The van der Waals surface area contributed by atoms with E-state index in [1.54, 1.807) is 23.7 Å². The Morgan fingerprint density at radius 2 is 2.31 bits per heavy atom. The highest BCUT2D eigenvalue weighted by Gasteiger charge is 2.01. The molecule has 2 heterocycles. The van der Waals surface area contributed by atoms with Gasteiger partial charge in [0.25, 0.3) is 0 Å². The molecule has 1 unspecified atom stereocenters. The van der Waals surface area contributed by atoms with Gasteiger partial charge in [-0.05, 0) is 36.6 Å². The molecule has 0 aliphatic rings. The number of aromatic nitrogens is 1. The van der Waals surface area contributed by atoms with E-state index in [1.165, 1.54) is 5.00 Å². The van der Waals surface area contributed by atoms with Crippen LogP contribution < -0.4 is 10.6 Å². The van der Waals surface area contributed by atoms with E-state index in [0.717, 1.165) is 12.2 Å². The molecule has 0 saturated carbocycles. The lowest BCUT2D eigenvalue weighted by Gasteiger charge is -2.15. The topological polar surface area (TPSA) is 37.0 Å². The summed E-state index contributed by atoms with van der Waals surface area (Å²) in [7, 11) is 0. The van der Waals surface area contributed by atoms with Crippen molar-refractivity contribution in [2.24, 2.45) is 0 Å². The Labute approximate surface area is 99.5 Å². The summed E-state index contributed by atoms with van der Waals surface area (Å²) in [5.74, 6) is 0. The van der Waals surface area contributed by atoms with Crippen molar-refractivity contribution in [1.82, 2.24) is 4.98 Å². The first-order chi connectivity index (χ1) is 7.84. The second-order valence-electron chi connectivity index (χ2n) is 3.44. The molecular weight excluding hydrogens is 218 g/mol. The molecule has 1 atom stereocenters. The summed E-state index contributed by atoms with van der Waals surface area (Å²) >= 11 is 1.69. The lowest BCUT2D eigenvalue weighted by molar-refractivity contribution is 0.913. The van der Waals surface area contributed by atoms with Gasteiger partial charge in [-0.3, -0.25) is 4.98 Å². The van der Waals surface area contributed by atoms with E-state index < -0.39 is 0 Å². The fourth-order valence-electron chi connectivity index (χ4n) is 1.34. The Balaban J connectivity index is 1.78. The van der Waals surface area contributed by atoms with Gasteiger partial charge < -0.3 is 10.6 Å². The Hall–Kier alpha value is -1.55. The molecule has 2 aromatic heterocycles. The molecule has 0 spiro atoms. The van der Waals surface area contributed by atoms with E-state index >= 15 is 0 Å². The molecule has 0 aliphatic heterocycles. The van der Waals surface area contributed by atoms with Gasteiger partial charge >= 0.3 is 0 Å². The lowest BCUT2D eigenvalue weighted by atomic mass is 10.3. The molecule has 2 aromatic rings. The SMILES string of the molecule is [CH2]C(CNc1cccs1)Nc1cccnc1. The maximum Gasteiger partial charge on any atom is 0.0883 e. The van der Waals surface area contributed by atoms with E-state index in [2.05, 4.69) is 34.0 Å². The number of rotatable bonds is 5. The van der Waals surface area contributed by atoms with Crippen LogP contribution >= 0.6 is 11.3 Å². The minimum absolute atomic E-state index is 0.117. The van der Waals surface area contributed by atoms with Crippen LogP contribution in [0.3, 0.4) is 0 Å². The van der Waals surface area contributed by atoms with E-state index in [4.69, 9.17) is 0 Å². The van der Waals surface area contributed by atoms with Gasteiger partial charge in [0.1, 0.15) is 0 Å². The third-order valence-corrected chi connectivity index (χ3v) is 2.90. The highest BCUT2D eigenvalue weighted by molar-refractivity contribution is 7.14. The summed E-state index contributed by atoms with van der Waals surface area (Å²) in [5, 5.41) is 9.81. The fraction of sp³-hybridized carbons (Fsp3) is 0.167. The van der Waals surface area contributed by atoms with Gasteiger partial charge in [0, 0.05) is 25.0 Å². The van der Waals surface area contributed by atoms with Crippen molar-refractivity contribution in [3.8, 4) is 0 Å². The van der Waals surface area contributed by atoms with Crippen LogP contribution in [-0.2, 0) is 0 Å². The van der Waals surface area contributed by atoms with Gasteiger partial charge in [-0.15, -0.1) is 11.3 Å². The third kappa shape index (κ3) is 3.24. The molecule has 4 heteroatoms. The van der Waals surface area contributed by atoms with E-state index in [9.17, 15) is 0 Å². The van der Waals surface area contributed by atoms with Crippen LogP contribution in [0.4, 0.5) is 10.7 Å². The molecular formula is C12H14N3S. The Kier molecular flexibility index (Phi) is 3.77. The summed E-state index contributed by atoms with van der Waals surface area (Å²) in [6.45, 7) is 4.82. The number of nitrogens with zero attached hydrogens (tertiary/aromatic N) is 1. The average Bonchev–Trinajstić information content (AvgIpc) is 2.81. The Morgan fingerprint density at radius 1 is 1.38 bits per heavy atom. The van der Waals surface area contributed by atoms with Crippen LogP contribution in [-0.4, -0.2) is 17.6 Å². The van der Waals surface area contributed by atoms with Crippen LogP contribution in [0, 0.1) is 6.92 Å². The van der Waals surface area contributed by atoms with E-state index in [1.807, 2.05) is 18.2 Å². The zero-order valence-electron chi connectivity index (χ0n) is 8.89. The molecule has 0 fully saturated rings. The predicted octanol–water partition coefficient (Wildman–Crippen LogP) is 2.87. The standard InChI is InChI=1S/C12H14N3S/c1-10(8-14-12-5-3-7-16-12)15-11-4-2-6-13-9-11/h2-7,9-10,14-15H,1,8H2. The molecule has 2 rings (SSSR count). The number of nitrogens with one attached hydrogen (secondary N) is 2. The molecule has 0 aliphatic carbocycles. The first-order valence-electron chi connectivity index (χ1n) is 5.11. The number of hydrogen-bond donors (Lipinski definition) is 2. The van der Waals surface area contributed by atoms with Gasteiger partial charge in [0.2, 0.25) is 0 Å². The molecule has 16 heavy (non-hydrogen) atoms. The molecule has 2 N–H and O–H groups in total. The molecule has 0 amide bonds. The van der Waals surface area contributed by atoms with Crippen LogP contribution in [0.1, 0.15) is 0 Å². The summed E-state index contributed by atoms with van der Waals surface area (Å²) in [6.07, 6.45) is 3.55. The second kappa shape index (κ2) is 5.51. The number of anilines is 2. The zero-order chi connectivity index (χ0) is 11.2. The highest BCUT2D eigenvalue weighted by atomic mass is 32.1. The maximum absolute atomic E-state index is 4.04. The molecule has 83 valence electrons. The van der Waals surface area contributed by atoms with Crippen LogP contribution in [0.25, 0.3) is 0 Å². The van der Waals surface area contributed by atoms with Crippen molar-refractivity contribution in [3.05, 3.63) is 49.0 Å². The lowest BCUT2D eigenvalue weighted by Crippen LogP contribution is -2.24. The molecule has 3 nitrogen and oxygen atoms in total. The van der Waals surface area contributed by atoms with Gasteiger partial charge in [-0.1, -0.05) is 0 Å². The number of pyridine rings is 1. The van der Waals surface area contributed by atoms with Gasteiger partial charge in [0.15, 0.2) is 0 Å². The third-order valence-electron chi connectivity index (χ3n) is 2.08. The molecule has 0 bridgehead atoms. The van der Waals surface area contributed by atoms with Crippen molar-refractivity contribution in [3.63, 3.8) is 0 Å². The van der Waals surface area contributed by atoms with Crippen molar-refractivity contribution in [2.45, 2.75) is 6.04 Å². The average molecular weight is 232 g/mol. The summed E-state index contributed by atoms with van der Waals surface area (Å²) in [4.78, 5) is 4.04. The zero-order valence-corrected chi connectivity index (χ0v) is 9.70. The second-order valence-corrected chi connectivity index (χ2v) is 4.39. The number of hydrogen-bond acceptors (Lipinski definition) is 4. The van der Waals surface area contributed by atoms with Crippen LogP contribution in [0.15, 0.2) is 42.0 Å². The van der Waals surface area contributed by atoms with Gasteiger partial charge in [-0.2, -0.15) is 0 Å². The van der Waals surface area contributed by atoms with Crippen molar-refractivity contribution >= 4 is 22.0 Å². The quantitative estimate of drug-likeness (QED) is 0.832. The highest BCUT2D eigenvalue weighted by Crippen LogP contribution is 2.15. The van der Waals surface area contributed by atoms with Crippen molar-refractivity contribution in [2.75, 3.05) is 17.2 Å². The number of thiophene rings is 1. The van der Waals surface area contributed by atoms with Gasteiger partial charge in [0.05, 0.1) is 10.7 Å². The summed E-state index contributed by atoms with van der Waals surface area (Å²) < 4.78 is 0. The molecule has 0 saturated heterocycles. The van der Waals surface area contributed by atoms with Crippen molar-refractivity contribution in [1.29, 1.82) is 0 Å². The minimum atomic E-state index is 0.117. The summed E-state index contributed by atoms with van der Waals surface area (Å²) in [6, 6.07) is 8.09. The smallest absolute Gasteiger partial charge is 0.0883 e. The maximum atomic E-state index is 4.04. The first-order valence-corrected chi connectivity index (χ1v) is 5.99. The molecule has 0 aromatic carbocycles. The van der Waals surface area contributed by atoms with Crippen LogP contribution in [0.5, 0.6) is 0 Å². The van der Waals surface area contributed by atoms with E-state index in [-0.39, 0.29) is 6.04 Å². The monoisotopic (exact) mass is 232 g/mol. The summed E-state index contributed by atoms with van der Waals surface area (Å²) in [5.41, 5.74) is 0.996. The van der Waals surface area contributed by atoms with Crippen molar-refractivity contribution < 1.29 is 0 Å². The van der Waals surface area contributed by atoms with Crippen LogP contribution in [0.2, 0.25) is 0 Å². The molecule has 1 radical (unpaired) electrons. The Morgan fingerprint density at radius 3 is 3.00 bits per heavy atom. The Bertz CT molecular complexity index is 399. The normalized spacial score (nSPS) is 12.1. The minimum Gasteiger partial charge on any atom is -0.379 e. The first kappa shape index (κ1) is 11.0. The van der Waals surface area contributed by atoms with Gasteiger partial charge in [-0.25, -0.2) is 0 Å².